The molecular formula is C9H4ClFIN. The van der Waals surface area contributed by atoms with Gasteiger partial charge in [0.1, 0.15) is 5.82 Å². The van der Waals surface area contributed by atoms with Gasteiger partial charge in [-0.25, -0.2) is 4.39 Å². The Hall–Kier alpha value is -0.420. The molecule has 0 aliphatic rings. The topological polar surface area (TPSA) is 12.9 Å². The molecule has 0 amide bonds. The standard InChI is InChI=1S/C9H4ClFIN/c10-7-1-2-8(11)6-3-5(12)4-13-9(6)7/h1-4H. The molecule has 66 valence electrons. The number of benzene rings is 1. The lowest BCUT2D eigenvalue weighted by atomic mass is 10.2. The molecule has 0 atom stereocenters. The molecule has 2 rings (SSSR count). The van der Waals surface area contributed by atoms with Crippen LogP contribution >= 0.6 is 34.2 Å². The molecule has 2 aromatic rings. The van der Waals surface area contributed by atoms with Crippen molar-refractivity contribution in [3.8, 4) is 0 Å². The molecular weight excluding hydrogens is 303 g/mol. The molecule has 1 aromatic heterocycles. The van der Waals surface area contributed by atoms with Crippen molar-refractivity contribution in [1.82, 2.24) is 4.98 Å². The van der Waals surface area contributed by atoms with Crippen molar-refractivity contribution < 1.29 is 4.39 Å². The fourth-order valence-electron chi connectivity index (χ4n) is 1.13. The van der Waals surface area contributed by atoms with Gasteiger partial charge in [0.2, 0.25) is 0 Å². The van der Waals surface area contributed by atoms with Crippen LogP contribution in [0.5, 0.6) is 0 Å². The Morgan fingerprint density at radius 1 is 1.38 bits per heavy atom. The van der Waals surface area contributed by atoms with E-state index in [2.05, 4.69) is 27.6 Å². The molecule has 0 saturated heterocycles. The highest BCUT2D eigenvalue weighted by Crippen LogP contribution is 2.24. The zero-order chi connectivity index (χ0) is 9.42. The Balaban J connectivity index is 2.92. The van der Waals surface area contributed by atoms with Gasteiger partial charge in [0.15, 0.2) is 0 Å². The molecule has 13 heavy (non-hydrogen) atoms. The molecule has 0 N–H and O–H groups in total. The molecule has 0 aliphatic carbocycles. The van der Waals surface area contributed by atoms with Crippen molar-refractivity contribution in [2.75, 3.05) is 0 Å². The van der Waals surface area contributed by atoms with Crippen LogP contribution in [-0.2, 0) is 0 Å². The maximum Gasteiger partial charge on any atom is 0.132 e. The van der Waals surface area contributed by atoms with Crippen molar-refractivity contribution >= 4 is 45.1 Å². The minimum Gasteiger partial charge on any atom is -0.253 e. The van der Waals surface area contributed by atoms with E-state index in [1.165, 1.54) is 12.1 Å². The summed E-state index contributed by atoms with van der Waals surface area (Å²) in [6.07, 6.45) is 1.66. The smallest absolute Gasteiger partial charge is 0.132 e. The van der Waals surface area contributed by atoms with E-state index in [4.69, 9.17) is 11.6 Å². The SMILES string of the molecule is Fc1ccc(Cl)c2ncc(I)cc12. The van der Waals surface area contributed by atoms with Crippen LogP contribution in [0.3, 0.4) is 0 Å². The third kappa shape index (κ3) is 1.62. The highest BCUT2D eigenvalue weighted by molar-refractivity contribution is 14.1. The summed E-state index contributed by atoms with van der Waals surface area (Å²) in [5.74, 6) is -0.287. The lowest BCUT2D eigenvalue weighted by molar-refractivity contribution is 0.639. The minimum absolute atomic E-state index is 0.287. The van der Waals surface area contributed by atoms with Crippen LogP contribution in [0.2, 0.25) is 5.02 Å². The number of nitrogens with zero attached hydrogens (tertiary/aromatic N) is 1. The van der Waals surface area contributed by atoms with Crippen LogP contribution in [0.4, 0.5) is 4.39 Å². The lowest BCUT2D eigenvalue weighted by Gasteiger charge is -2.00. The van der Waals surface area contributed by atoms with Crippen molar-refractivity contribution in [3.05, 3.63) is 38.8 Å². The Labute approximate surface area is 93.1 Å². The van der Waals surface area contributed by atoms with E-state index in [1.54, 1.807) is 12.3 Å². The van der Waals surface area contributed by atoms with E-state index in [9.17, 15) is 4.39 Å². The first kappa shape index (κ1) is 9.15. The summed E-state index contributed by atoms with van der Waals surface area (Å²) in [7, 11) is 0. The number of halogens is 3. The third-order valence-electron chi connectivity index (χ3n) is 1.71. The van der Waals surface area contributed by atoms with E-state index >= 15 is 0 Å². The number of aromatic nitrogens is 1. The predicted molar refractivity (Wildman–Crippen MR) is 59.4 cm³/mol. The highest BCUT2D eigenvalue weighted by Gasteiger charge is 2.05. The number of hydrogen-bond acceptors (Lipinski definition) is 1. The van der Waals surface area contributed by atoms with E-state index in [0.717, 1.165) is 3.57 Å². The zero-order valence-corrected chi connectivity index (χ0v) is 9.30. The van der Waals surface area contributed by atoms with Gasteiger partial charge in [-0.1, -0.05) is 11.6 Å². The second kappa shape index (κ2) is 3.38. The first-order valence-corrected chi connectivity index (χ1v) is 5.03. The van der Waals surface area contributed by atoms with Crippen LogP contribution in [-0.4, -0.2) is 4.98 Å². The van der Waals surface area contributed by atoms with Gasteiger partial charge in [-0.2, -0.15) is 0 Å². The molecule has 0 radical (unpaired) electrons. The number of fused-ring (bicyclic) bond motifs is 1. The van der Waals surface area contributed by atoms with E-state index in [-0.39, 0.29) is 5.82 Å². The van der Waals surface area contributed by atoms with Gasteiger partial charge in [0.25, 0.3) is 0 Å². The zero-order valence-electron chi connectivity index (χ0n) is 6.39. The second-order valence-corrected chi connectivity index (χ2v) is 4.23. The summed E-state index contributed by atoms with van der Waals surface area (Å²) < 4.78 is 14.1. The Kier molecular flexibility index (Phi) is 2.38. The maximum atomic E-state index is 13.2. The quantitative estimate of drug-likeness (QED) is 0.677. The van der Waals surface area contributed by atoms with Gasteiger partial charge >= 0.3 is 0 Å². The normalized spacial score (nSPS) is 10.7. The first-order chi connectivity index (χ1) is 6.18. The highest BCUT2D eigenvalue weighted by atomic mass is 127. The van der Waals surface area contributed by atoms with Crippen molar-refractivity contribution in [2.45, 2.75) is 0 Å². The van der Waals surface area contributed by atoms with Gasteiger partial charge in [-0.05, 0) is 40.8 Å². The average Bonchev–Trinajstić information content (AvgIpc) is 2.12. The molecule has 0 spiro atoms. The molecule has 1 nitrogen and oxygen atoms in total. The van der Waals surface area contributed by atoms with E-state index < -0.39 is 0 Å². The second-order valence-electron chi connectivity index (χ2n) is 2.58. The molecule has 0 bridgehead atoms. The van der Waals surface area contributed by atoms with Crippen molar-refractivity contribution in [2.24, 2.45) is 0 Å². The van der Waals surface area contributed by atoms with Crippen LogP contribution in [0, 0.1) is 9.39 Å². The van der Waals surface area contributed by atoms with Crippen molar-refractivity contribution in [3.63, 3.8) is 0 Å². The van der Waals surface area contributed by atoms with E-state index in [0.29, 0.717) is 15.9 Å². The van der Waals surface area contributed by atoms with Crippen LogP contribution < -0.4 is 0 Å². The molecule has 1 aromatic carbocycles. The summed E-state index contributed by atoms with van der Waals surface area (Å²) in [5, 5.41) is 0.951. The fraction of sp³-hybridized carbons (Fsp3) is 0. The summed E-state index contributed by atoms with van der Waals surface area (Å²) in [6.45, 7) is 0. The summed E-state index contributed by atoms with van der Waals surface area (Å²) in [4.78, 5) is 4.06. The maximum absolute atomic E-state index is 13.2. The Morgan fingerprint density at radius 3 is 2.92 bits per heavy atom. The predicted octanol–water partition coefficient (Wildman–Crippen LogP) is 3.63. The minimum atomic E-state index is -0.287. The summed E-state index contributed by atoms with van der Waals surface area (Å²) in [6, 6.07) is 4.59. The van der Waals surface area contributed by atoms with Gasteiger partial charge in [0.05, 0.1) is 10.5 Å². The van der Waals surface area contributed by atoms with Gasteiger partial charge in [-0.3, -0.25) is 4.98 Å². The molecule has 0 saturated carbocycles. The molecule has 0 aliphatic heterocycles. The number of hydrogen-bond donors (Lipinski definition) is 0. The first-order valence-electron chi connectivity index (χ1n) is 3.58. The largest absolute Gasteiger partial charge is 0.253 e. The Morgan fingerprint density at radius 2 is 2.15 bits per heavy atom. The monoisotopic (exact) mass is 307 g/mol. The lowest BCUT2D eigenvalue weighted by Crippen LogP contribution is -1.85. The van der Waals surface area contributed by atoms with Crippen LogP contribution in [0.25, 0.3) is 10.9 Å². The number of pyridine rings is 1. The van der Waals surface area contributed by atoms with Gasteiger partial charge in [0, 0.05) is 15.2 Å². The number of rotatable bonds is 0. The molecule has 1 heterocycles. The summed E-state index contributed by atoms with van der Waals surface area (Å²) in [5.41, 5.74) is 0.516. The van der Waals surface area contributed by atoms with E-state index in [1.807, 2.05) is 0 Å². The molecule has 4 heteroatoms. The Bertz CT molecular complexity index is 472. The average molecular weight is 307 g/mol. The van der Waals surface area contributed by atoms with Crippen molar-refractivity contribution in [1.29, 1.82) is 0 Å². The summed E-state index contributed by atoms with van der Waals surface area (Å²) >= 11 is 7.93. The van der Waals surface area contributed by atoms with Gasteiger partial charge < -0.3 is 0 Å². The molecule has 0 fully saturated rings. The third-order valence-corrected chi connectivity index (χ3v) is 2.61. The molecule has 0 unspecified atom stereocenters. The fourth-order valence-corrected chi connectivity index (χ4v) is 1.79. The van der Waals surface area contributed by atoms with Crippen LogP contribution in [0.1, 0.15) is 0 Å². The van der Waals surface area contributed by atoms with Gasteiger partial charge in [-0.15, -0.1) is 0 Å². The van der Waals surface area contributed by atoms with Crippen LogP contribution in [0.15, 0.2) is 24.4 Å².